The normalized spacial score (nSPS) is 10.8. The van der Waals surface area contributed by atoms with Crippen LogP contribution in [0.2, 0.25) is 0 Å². The third-order valence-electron chi connectivity index (χ3n) is 3.22. The number of hydrogen-bond donors (Lipinski definition) is 2. The van der Waals surface area contributed by atoms with Crippen LogP contribution in [0.25, 0.3) is 6.08 Å². The summed E-state index contributed by atoms with van der Waals surface area (Å²) in [7, 11) is 0. The van der Waals surface area contributed by atoms with E-state index in [1.165, 1.54) is 11.6 Å². The van der Waals surface area contributed by atoms with Gasteiger partial charge in [-0.25, -0.2) is 0 Å². The van der Waals surface area contributed by atoms with E-state index in [1.54, 1.807) is 30.3 Å². The van der Waals surface area contributed by atoms with E-state index >= 15 is 0 Å². The number of nitrogens with one attached hydrogen (secondary N) is 1. The predicted molar refractivity (Wildman–Crippen MR) is 85.9 cm³/mol. The van der Waals surface area contributed by atoms with Crippen molar-refractivity contribution in [2.75, 3.05) is 5.32 Å². The minimum Gasteiger partial charge on any atom is -0.392 e. The lowest BCUT2D eigenvalue weighted by Crippen LogP contribution is -2.07. The number of rotatable bonds is 4. The van der Waals surface area contributed by atoms with Crippen molar-refractivity contribution in [2.24, 2.45) is 0 Å². The Kier molecular flexibility index (Phi) is 4.90. The smallest absolute Gasteiger partial charge is 0.248 e. The maximum atomic E-state index is 11.9. The van der Waals surface area contributed by atoms with Gasteiger partial charge < -0.3 is 10.4 Å². The quantitative estimate of drug-likeness (QED) is 0.843. The summed E-state index contributed by atoms with van der Waals surface area (Å²) in [6.45, 7) is 4.03. The fourth-order valence-corrected chi connectivity index (χ4v) is 2.11. The highest BCUT2D eigenvalue weighted by Crippen LogP contribution is 2.13. The fourth-order valence-electron chi connectivity index (χ4n) is 2.11. The lowest BCUT2D eigenvalue weighted by atomic mass is 10.1. The molecule has 2 rings (SSSR count). The zero-order valence-electron chi connectivity index (χ0n) is 12.3. The summed E-state index contributed by atoms with van der Waals surface area (Å²) in [5.74, 6) is -0.190. The number of carbonyl (C=O) groups excluding carboxylic acids is 1. The van der Waals surface area contributed by atoms with Crippen molar-refractivity contribution in [3.05, 3.63) is 70.8 Å². The highest BCUT2D eigenvalue weighted by Gasteiger charge is 2.00. The van der Waals surface area contributed by atoms with Crippen molar-refractivity contribution < 1.29 is 9.90 Å². The van der Waals surface area contributed by atoms with E-state index in [1.807, 2.05) is 26.0 Å². The van der Waals surface area contributed by atoms with E-state index in [4.69, 9.17) is 5.11 Å². The molecule has 2 N–H and O–H groups in total. The molecule has 2 aromatic carbocycles. The summed E-state index contributed by atoms with van der Waals surface area (Å²) >= 11 is 0. The lowest BCUT2D eigenvalue weighted by molar-refractivity contribution is -0.111. The van der Waals surface area contributed by atoms with Gasteiger partial charge in [0.1, 0.15) is 0 Å². The van der Waals surface area contributed by atoms with Gasteiger partial charge in [-0.3, -0.25) is 4.79 Å². The van der Waals surface area contributed by atoms with Gasteiger partial charge in [0.15, 0.2) is 0 Å². The first kappa shape index (κ1) is 15.0. The molecule has 0 aliphatic heterocycles. The highest BCUT2D eigenvalue weighted by molar-refractivity contribution is 6.02. The molecule has 3 nitrogen and oxygen atoms in total. The number of anilines is 1. The van der Waals surface area contributed by atoms with Gasteiger partial charge in [-0.2, -0.15) is 0 Å². The van der Waals surface area contributed by atoms with E-state index in [9.17, 15) is 4.79 Å². The molecule has 0 saturated heterocycles. The molecule has 0 fully saturated rings. The van der Waals surface area contributed by atoms with Crippen LogP contribution in [0.4, 0.5) is 5.69 Å². The van der Waals surface area contributed by atoms with Crippen LogP contribution in [-0.2, 0) is 11.4 Å². The van der Waals surface area contributed by atoms with Gasteiger partial charge >= 0.3 is 0 Å². The topological polar surface area (TPSA) is 49.3 Å². The van der Waals surface area contributed by atoms with Gasteiger partial charge in [0.2, 0.25) is 5.91 Å². The number of aliphatic hydroxyl groups is 1. The lowest BCUT2D eigenvalue weighted by Gasteiger charge is -2.04. The number of hydrogen-bond acceptors (Lipinski definition) is 2. The minimum atomic E-state index is -0.190. The standard InChI is InChI=1S/C18H19NO2/c1-13-6-7-16(14(2)10-13)8-9-18(21)19-17-5-3-4-15(11-17)12-20/h3-11,20H,12H2,1-2H3,(H,19,21)/b9-8+. The molecule has 0 unspecified atom stereocenters. The average molecular weight is 281 g/mol. The second-order valence-electron chi connectivity index (χ2n) is 5.04. The first-order chi connectivity index (χ1) is 10.1. The van der Waals surface area contributed by atoms with Crippen LogP contribution >= 0.6 is 0 Å². The van der Waals surface area contributed by atoms with Gasteiger partial charge in [-0.15, -0.1) is 0 Å². The summed E-state index contributed by atoms with van der Waals surface area (Å²) in [5.41, 5.74) is 4.82. The Hall–Kier alpha value is -2.39. The molecular weight excluding hydrogens is 262 g/mol. The Labute approximate surface area is 124 Å². The van der Waals surface area contributed by atoms with Crippen LogP contribution in [0.15, 0.2) is 48.5 Å². The molecule has 21 heavy (non-hydrogen) atoms. The second kappa shape index (κ2) is 6.86. The van der Waals surface area contributed by atoms with E-state index < -0.39 is 0 Å². The van der Waals surface area contributed by atoms with Gasteiger partial charge in [0.25, 0.3) is 0 Å². The van der Waals surface area contributed by atoms with E-state index in [2.05, 4.69) is 11.4 Å². The number of aryl methyl sites for hydroxylation is 2. The van der Waals surface area contributed by atoms with Crippen LogP contribution in [-0.4, -0.2) is 11.0 Å². The zero-order valence-corrected chi connectivity index (χ0v) is 12.3. The van der Waals surface area contributed by atoms with Gasteiger partial charge in [0, 0.05) is 11.8 Å². The molecule has 0 aliphatic carbocycles. The Morgan fingerprint density at radius 1 is 1.19 bits per heavy atom. The minimum absolute atomic E-state index is 0.0396. The summed E-state index contributed by atoms with van der Waals surface area (Å²) in [5, 5.41) is 11.9. The van der Waals surface area contributed by atoms with E-state index in [0.29, 0.717) is 5.69 Å². The number of aliphatic hydroxyl groups excluding tert-OH is 1. The Morgan fingerprint density at radius 2 is 2.00 bits per heavy atom. The SMILES string of the molecule is Cc1ccc(/C=C/C(=O)Nc2cccc(CO)c2)c(C)c1. The molecule has 0 saturated carbocycles. The molecule has 0 aliphatic rings. The maximum Gasteiger partial charge on any atom is 0.248 e. The predicted octanol–water partition coefficient (Wildman–Crippen LogP) is 3.45. The average Bonchev–Trinajstić information content (AvgIpc) is 2.46. The van der Waals surface area contributed by atoms with Crippen molar-refractivity contribution in [1.29, 1.82) is 0 Å². The molecule has 0 aromatic heterocycles. The first-order valence-corrected chi connectivity index (χ1v) is 6.84. The molecule has 2 aromatic rings. The van der Waals surface area contributed by atoms with Crippen LogP contribution in [0, 0.1) is 13.8 Å². The molecule has 0 radical (unpaired) electrons. The van der Waals surface area contributed by atoms with Crippen LogP contribution in [0.5, 0.6) is 0 Å². The molecule has 3 heteroatoms. The van der Waals surface area contributed by atoms with Crippen LogP contribution in [0.1, 0.15) is 22.3 Å². The van der Waals surface area contributed by atoms with Crippen molar-refractivity contribution in [1.82, 2.24) is 0 Å². The van der Waals surface area contributed by atoms with E-state index in [0.717, 1.165) is 16.7 Å². The molecule has 1 amide bonds. The van der Waals surface area contributed by atoms with Crippen molar-refractivity contribution >= 4 is 17.7 Å². The second-order valence-corrected chi connectivity index (χ2v) is 5.04. The van der Waals surface area contributed by atoms with Crippen molar-refractivity contribution in [3.63, 3.8) is 0 Å². The van der Waals surface area contributed by atoms with Gasteiger partial charge in [0.05, 0.1) is 6.61 Å². The van der Waals surface area contributed by atoms with Gasteiger partial charge in [-0.05, 0) is 48.7 Å². The summed E-state index contributed by atoms with van der Waals surface area (Å²) < 4.78 is 0. The number of benzene rings is 2. The largest absolute Gasteiger partial charge is 0.392 e. The Bertz CT molecular complexity index is 675. The zero-order chi connectivity index (χ0) is 15.2. The van der Waals surface area contributed by atoms with E-state index in [-0.39, 0.29) is 12.5 Å². The molecule has 0 spiro atoms. The third-order valence-corrected chi connectivity index (χ3v) is 3.22. The van der Waals surface area contributed by atoms with Crippen molar-refractivity contribution in [2.45, 2.75) is 20.5 Å². The van der Waals surface area contributed by atoms with Gasteiger partial charge in [-0.1, -0.05) is 35.9 Å². The summed E-state index contributed by atoms with van der Waals surface area (Å²) in [6.07, 6.45) is 3.32. The Morgan fingerprint density at radius 3 is 2.71 bits per heavy atom. The fraction of sp³-hybridized carbons (Fsp3) is 0.167. The van der Waals surface area contributed by atoms with Crippen LogP contribution in [0.3, 0.4) is 0 Å². The monoisotopic (exact) mass is 281 g/mol. The molecule has 0 heterocycles. The Balaban J connectivity index is 2.05. The first-order valence-electron chi connectivity index (χ1n) is 6.84. The third kappa shape index (κ3) is 4.29. The molecule has 0 bridgehead atoms. The molecule has 108 valence electrons. The number of carbonyl (C=O) groups is 1. The molecular formula is C18H19NO2. The van der Waals surface area contributed by atoms with Crippen molar-refractivity contribution in [3.8, 4) is 0 Å². The number of amides is 1. The van der Waals surface area contributed by atoms with Crippen LogP contribution < -0.4 is 5.32 Å². The summed E-state index contributed by atoms with van der Waals surface area (Å²) in [4.78, 5) is 11.9. The summed E-state index contributed by atoms with van der Waals surface area (Å²) in [6, 6.07) is 13.3. The maximum absolute atomic E-state index is 11.9. The molecule has 0 atom stereocenters. The highest BCUT2D eigenvalue weighted by atomic mass is 16.3.